The molecule has 3 aromatic rings. The summed E-state index contributed by atoms with van der Waals surface area (Å²) >= 11 is 0. The number of sulfone groups is 1. The number of carboxylic acids is 1. The molecule has 0 fully saturated rings. The predicted octanol–water partition coefficient (Wildman–Crippen LogP) is 3.92. The van der Waals surface area contributed by atoms with Gasteiger partial charge in [0.1, 0.15) is 5.82 Å². The summed E-state index contributed by atoms with van der Waals surface area (Å²) in [7, 11) is -3.49. The summed E-state index contributed by atoms with van der Waals surface area (Å²) in [5.74, 6) is -3.26. The number of nitrogens with zero attached hydrogens (tertiary/aromatic N) is 2. The minimum Gasteiger partial charge on any atom is -0.481 e. The fraction of sp³-hybridized carbons (Fsp3) is 0.318. The first kappa shape index (κ1) is 22.6. The molecule has 3 rings (SSSR count). The van der Waals surface area contributed by atoms with Crippen molar-refractivity contribution in [2.24, 2.45) is 5.92 Å². The van der Waals surface area contributed by atoms with E-state index < -0.39 is 33.3 Å². The average Bonchev–Trinajstić information content (AvgIpc) is 3.17. The van der Waals surface area contributed by atoms with Crippen molar-refractivity contribution in [2.75, 3.05) is 11.5 Å². The molecule has 1 N–H and O–H groups in total. The van der Waals surface area contributed by atoms with Gasteiger partial charge in [0, 0.05) is 11.3 Å². The van der Waals surface area contributed by atoms with Crippen LogP contribution < -0.4 is 0 Å². The second-order valence-electron chi connectivity index (χ2n) is 7.46. The molecule has 164 valence electrons. The Labute approximate surface area is 179 Å². The van der Waals surface area contributed by atoms with Crippen molar-refractivity contribution in [3.8, 4) is 22.8 Å². The molecule has 31 heavy (non-hydrogen) atoms. The number of hydrogen-bond acceptors (Lipinski definition) is 6. The van der Waals surface area contributed by atoms with Gasteiger partial charge in [0.05, 0.1) is 17.2 Å². The Morgan fingerprint density at radius 2 is 1.90 bits per heavy atom. The predicted molar refractivity (Wildman–Crippen MR) is 114 cm³/mol. The number of hydrogen-bond donors (Lipinski definition) is 1. The highest BCUT2D eigenvalue weighted by Crippen LogP contribution is 2.26. The molecular formula is C22H23FN2O5S. The first-order valence-electron chi connectivity index (χ1n) is 9.81. The minimum atomic E-state index is -3.49. The second-order valence-corrected chi connectivity index (χ2v) is 9.69. The summed E-state index contributed by atoms with van der Waals surface area (Å²) < 4.78 is 44.0. The van der Waals surface area contributed by atoms with E-state index in [2.05, 4.69) is 10.1 Å². The summed E-state index contributed by atoms with van der Waals surface area (Å²) in [5, 5.41) is 13.2. The summed E-state index contributed by atoms with van der Waals surface area (Å²) in [6.07, 6.45) is 0.309. The van der Waals surface area contributed by atoms with Gasteiger partial charge in [0.15, 0.2) is 9.84 Å². The third kappa shape index (κ3) is 5.75. The monoisotopic (exact) mass is 446 g/mol. The van der Waals surface area contributed by atoms with Gasteiger partial charge in [-0.25, -0.2) is 12.8 Å². The Hall–Kier alpha value is -3.07. The molecule has 0 spiro atoms. The van der Waals surface area contributed by atoms with Gasteiger partial charge in [-0.05, 0) is 49.6 Å². The van der Waals surface area contributed by atoms with Crippen LogP contribution in [0.15, 0.2) is 47.0 Å². The Bertz CT molecular complexity index is 1170. The topological polar surface area (TPSA) is 110 Å². The van der Waals surface area contributed by atoms with Crippen molar-refractivity contribution in [1.29, 1.82) is 0 Å². The van der Waals surface area contributed by atoms with Crippen LogP contribution in [0.1, 0.15) is 24.5 Å². The van der Waals surface area contributed by atoms with Crippen molar-refractivity contribution in [3.63, 3.8) is 0 Å². The molecule has 1 unspecified atom stereocenters. The Kier molecular flexibility index (Phi) is 6.84. The highest BCUT2D eigenvalue weighted by Gasteiger charge is 2.25. The number of benzene rings is 2. The maximum Gasteiger partial charge on any atom is 0.307 e. The van der Waals surface area contributed by atoms with Crippen molar-refractivity contribution >= 4 is 15.8 Å². The van der Waals surface area contributed by atoms with E-state index in [1.807, 2.05) is 31.2 Å². The van der Waals surface area contributed by atoms with Gasteiger partial charge in [0.2, 0.25) is 5.82 Å². The van der Waals surface area contributed by atoms with E-state index in [1.54, 1.807) is 13.0 Å². The van der Waals surface area contributed by atoms with E-state index in [-0.39, 0.29) is 29.5 Å². The van der Waals surface area contributed by atoms with Gasteiger partial charge in [-0.1, -0.05) is 35.8 Å². The smallest absolute Gasteiger partial charge is 0.307 e. The summed E-state index contributed by atoms with van der Waals surface area (Å²) in [6.45, 7) is 3.66. The largest absolute Gasteiger partial charge is 0.481 e. The molecule has 0 amide bonds. The lowest BCUT2D eigenvalue weighted by Crippen LogP contribution is -2.27. The highest BCUT2D eigenvalue weighted by molar-refractivity contribution is 7.91. The van der Waals surface area contributed by atoms with Gasteiger partial charge < -0.3 is 9.63 Å². The lowest BCUT2D eigenvalue weighted by molar-refractivity contribution is -0.140. The van der Waals surface area contributed by atoms with Crippen LogP contribution in [0.4, 0.5) is 4.39 Å². The molecule has 9 heteroatoms. The van der Waals surface area contributed by atoms with E-state index in [0.717, 1.165) is 5.56 Å². The van der Waals surface area contributed by atoms with Crippen LogP contribution in [0.2, 0.25) is 0 Å². The fourth-order valence-corrected chi connectivity index (χ4v) is 4.88. The molecule has 2 aromatic carbocycles. The SMILES string of the molecule is CCCS(=O)(=O)CC(Cc1ccc(-c2noc(-c3ccc(C)cc3)n2)c(F)c1)C(=O)O. The van der Waals surface area contributed by atoms with Crippen molar-refractivity contribution in [1.82, 2.24) is 10.1 Å². The zero-order valence-corrected chi connectivity index (χ0v) is 18.0. The average molecular weight is 447 g/mol. The van der Waals surface area contributed by atoms with E-state index in [4.69, 9.17) is 4.52 Å². The van der Waals surface area contributed by atoms with Gasteiger partial charge in [-0.15, -0.1) is 0 Å². The Morgan fingerprint density at radius 1 is 1.19 bits per heavy atom. The van der Waals surface area contributed by atoms with Crippen LogP contribution in [-0.2, 0) is 21.1 Å². The van der Waals surface area contributed by atoms with Crippen LogP contribution in [0, 0.1) is 18.7 Å². The maximum atomic E-state index is 14.7. The summed E-state index contributed by atoms with van der Waals surface area (Å²) in [5.41, 5.74) is 2.27. The van der Waals surface area contributed by atoms with E-state index in [9.17, 15) is 22.7 Å². The minimum absolute atomic E-state index is 0.0694. The number of carbonyl (C=O) groups is 1. The first-order chi connectivity index (χ1) is 14.7. The van der Waals surface area contributed by atoms with E-state index in [1.165, 1.54) is 12.1 Å². The summed E-state index contributed by atoms with van der Waals surface area (Å²) in [6, 6.07) is 11.6. The highest BCUT2D eigenvalue weighted by atomic mass is 32.2. The van der Waals surface area contributed by atoms with Gasteiger partial charge in [-0.3, -0.25) is 4.79 Å². The third-order valence-corrected chi connectivity index (χ3v) is 6.74. The number of aryl methyl sites for hydroxylation is 1. The van der Waals surface area contributed by atoms with Crippen LogP contribution in [0.3, 0.4) is 0 Å². The molecule has 0 aliphatic heterocycles. The van der Waals surface area contributed by atoms with Gasteiger partial charge >= 0.3 is 5.97 Å². The standard InChI is InChI=1S/C22H23FN2O5S/c1-3-10-31(28,29)13-17(22(26)27)11-15-6-9-18(19(23)12-15)20-24-21(30-25-20)16-7-4-14(2)5-8-16/h4-9,12,17H,3,10-11,13H2,1-2H3,(H,26,27). The number of halogens is 1. The molecule has 1 heterocycles. The molecular weight excluding hydrogens is 423 g/mol. The Balaban J connectivity index is 1.79. The lowest BCUT2D eigenvalue weighted by Gasteiger charge is -2.13. The van der Waals surface area contributed by atoms with Crippen molar-refractivity contribution in [2.45, 2.75) is 26.7 Å². The zero-order chi connectivity index (χ0) is 22.6. The van der Waals surface area contributed by atoms with Crippen LogP contribution in [0.25, 0.3) is 22.8 Å². The molecule has 0 radical (unpaired) electrons. The number of rotatable bonds is 9. The number of aromatic nitrogens is 2. The quantitative estimate of drug-likeness (QED) is 0.530. The molecule has 0 aliphatic rings. The summed E-state index contributed by atoms with van der Waals surface area (Å²) in [4.78, 5) is 15.8. The van der Waals surface area contributed by atoms with E-state index >= 15 is 0 Å². The zero-order valence-electron chi connectivity index (χ0n) is 17.2. The van der Waals surface area contributed by atoms with Crippen molar-refractivity contribution < 1.29 is 27.2 Å². The van der Waals surface area contributed by atoms with Crippen LogP contribution in [-0.4, -0.2) is 41.1 Å². The van der Waals surface area contributed by atoms with Crippen molar-refractivity contribution in [3.05, 3.63) is 59.4 Å². The third-order valence-electron chi connectivity index (χ3n) is 4.80. The fourth-order valence-electron chi connectivity index (χ4n) is 3.22. The molecule has 0 saturated heterocycles. The second kappa shape index (κ2) is 9.38. The maximum absolute atomic E-state index is 14.7. The molecule has 0 bridgehead atoms. The molecule has 1 aromatic heterocycles. The Morgan fingerprint density at radius 3 is 2.52 bits per heavy atom. The molecule has 7 nitrogen and oxygen atoms in total. The molecule has 1 atom stereocenters. The van der Waals surface area contributed by atoms with Crippen LogP contribution in [0.5, 0.6) is 0 Å². The number of aliphatic carboxylic acids is 1. The van der Waals surface area contributed by atoms with Gasteiger partial charge in [0.25, 0.3) is 5.89 Å². The number of carboxylic acid groups (broad SMARTS) is 1. The van der Waals surface area contributed by atoms with Crippen LogP contribution >= 0.6 is 0 Å². The molecule has 0 saturated carbocycles. The lowest BCUT2D eigenvalue weighted by atomic mass is 9.99. The first-order valence-corrected chi connectivity index (χ1v) is 11.6. The molecule has 0 aliphatic carbocycles. The van der Waals surface area contributed by atoms with E-state index in [0.29, 0.717) is 17.5 Å². The normalized spacial score (nSPS) is 12.6. The van der Waals surface area contributed by atoms with Gasteiger partial charge in [-0.2, -0.15) is 4.98 Å².